The molecule has 1 aliphatic heterocycles. The van der Waals surface area contributed by atoms with Crippen LogP contribution in [-0.2, 0) is 20.4 Å². The number of carbonyl (C=O) groups is 2. The Labute approximate surface area is 202 Å². The minimum atomic E-state index is -3.06. The number of nitrogens with zero attached hydrogens (tertiary/aromatic N) is 1. The molecule has 2 aromatic rings. The Hall–Kier alpha value is -2.87. The van der Waals surface area contributed by atoms with Gasteiger partial charge in [0, 0.05) is 36.1 Å². The van der Waals surface area contributed by atoms with E-state index in [0.29, 0.717) is 18.7 Å². The largest absolute Gasteiger partial charge is 0.380 e. The number of hydrogen-bond acceptors (Lipinski definition) is 5. The summed E-state index contributed by atoms with van der Waals surface area (Å²) in [6.45, 7) is 7.21. The molecule has 184 valence electrons. The maximum atomic E-state index is 13.3. The van der Waals surface area contributed by atoms with Gasteiger partial charge in [0.05, 0.1) is 5.75 Å². The fourth-order valence-corrected chi connectivity index (χ4v) is 5.00. The average Bonchev–Trinajstić information content (AvgIpc) is 2.78. The van der Waals surface area contributed by atoms with Crippen molar-refractivity contribution in [2.45, 2.75) is 50.9 Å². The van der Waals surface area contributed by atoms with Gasteiger partial charge in [-0.3, -0.25) is 9.59 Å². The predicted molar refractivity (Wildman–Crippen MR) is 135 cm³/mol. The summed E-state index contributed by atoms with van der Waals surface area (Å²) in [5.74, 6) is -0.293. The summed E-state index contributed by atoms with van der Waals surface area (Å²) < 4.78 is 23.0. The van der Waals surface area contributed by atoms with E-state index in [-0.39, 0.29) is 29.0 Å². The molecule has 2 N–H and O–H groups in total. The van der Waals surface area contributed by atoms with Gasteiger partial charge in [-0.1, -0.05) is 44.2 Å². The van der Waals surface area contributed by atoms with Crippen LogP contribution in [0.3, 0.4) is 0 Å². The number of rotatable bonds is 8. The lowest BCUT2D eigenvalue weighted by atomic mass is 9.88. The quantitative estimate of drug-likeness (QED) is 0.597. The molecule has 0 aliphatic carbocycles. The van der Waals surface area contributed by atoms with E-state index in [9.17, 15) is 18.0 Å². The van der Waals surface area contributed by atoms with E-state index in [1.54, 1.807) is 24.3 Å². The highest BCUT2D eigenvalue weighted by atomic mass is 32.2. The van der Waals surface area contributed by atoms with Gasteiger partial charge in [0.15, 0.2) is 9.84 Å². The molecule has 3 rings (SSSR count). The molecule has 1 atom stereocenters. The van der Waals surface area contributed by atoms with Gasteiger partial charge in [0.2, 0.25) is 5.91 Å². The Morgan fingerprint density at radius 2 is 1.59 bits per heavy atom. The van der Waals surface area contributed by atoms with Gasteiger partial charge in [-0.25, -0.2) is 8.42 Å². The molecule has 1 fully saturated rings. The fraction of sp³-hybridized carbons (Fsp3) is 0.462. The number of anilines is 1. The Morgan fingerprint density at radius 1 is 1.00 bits per heavy atom. The second kappa shape index (κ2) is 10.6. The van der Waals surface area contributed by atoms with Crippen molar-refractivity contribution in [1.82, 2.24) is 10.2 Å². The molecule has 1 aliphatic rings. The molecule has 34 heavy (non-hydrogen) atoms. The van der Waals surface area contributed by atoms with Gasteiger partial charge < -0.3 is 15.5 Å². The number of carbonyl (C=O) groups excluding carboxylic acids is 2. The summed E-state index contributed by atoms with van der Waals surface area (Å²) in [6, 6.07) is 15.8. The normalized spacial score (nSPS) is 16.7. The van der Waals surface area contributed by atoms with Gasteiger partial charge in [-0.05, 0) is 55.5 Å². The lowest BCUT2D eigenvalue weighted by Crippen LogP contribution is -2.56. The van der Waals surface area contributed by atoms with Crippen LogP contribution in [0.1, 0.15) is 49.5 Å². The van der Waals surface area contributed by atoms with Crippen LogP contribution >= 0.6 is 0 Å². The second-order valence-electron chi connectivity index (χ2n) is 9.84. The zero-order chi connectivity index (χ0) is 24.9. The first-order valence-electron chi connectivity index (χ1n) is 11.7. The summed E-state index contributed by atoms with van der Waals surface area (Å²) in [4.78, 5) is 27.7. The SMILES string of the molecule is CC(C)C(NC(=O)c1ccccc1)C(=O)N1CCC(C)(Nc2ccc(CS(C)(=O)=O)cc2)CC1. The highest BCUT2D eigenvalue weighted by molar-refractivity contribution is 7.89. The number of likely N-dealkylation sites (tertiary alicyclic amines) is 1. The summed E-state index contributed by atoms with van der Waals surface area (Å²) in [7, 11) is -3.06. The van der Waals surface area contributed by atoms with Crippen molar-refractivity contribution in [3.63, 3.8) is 0 Å². The van der Waals surface area contributed by atoms with Crippen molar-refractivity contribution in [2.75, 3.05) is 24.7 Å². The van der Waals surface area contributed by atoms with Crippen molar-refractivity contribution >= 4 is 27.3 Å². The number of piperidine rings is 1. The lowest BCUT2D eigenvalue weighted by molar-refractivity contribution is -0.135. The van der Waals surface area contributed by atoms with Gasteiger partial charge in [0.1, 0.15) is 6.04 Å². The third-order valence-corrected chi connectivity index (χ3v) is 7.12. The van der Waals surface area contributed by atoms with E-state index in [4.69, 9.17) is 0 Å². The van der Waals surface area contributed by atoms with Gasteiger partial charge >= 0.3 is 0 Å². The number of nitrogens with one attached hydrogen (secondary N) is 2. The van der Waals surface area contributed by atoms with Crippen LogP contribution in [-0.4, -0.2) is 56.1 Å². The molecule has 1 unspecified atom stereocenters. The topological polar surface area (TPSA) is 95.6 Å². The molecule has 0 aromatic heterocycles. The molecule has 8 heteroatoms. The standard InChI is InChI=1S/C26H35N3O4S/c1-19(2)23(27-24(30)21-8-6-5-7-9-21)25(31)29-16-14-26(3,15-17-29)28-22-12-10-20(11-13-22)18-34(4,32)33/h5-13,19,23,28H,14-18H2,1-4H3,(H,27,30). The van der Waals surface area contributed by atoms with Crippen LogP contribution in [0.2, 0.25) is 0 Å². The highest BCUT2D eigenvalue weighted by Crippen LogP contribution is 2.28. The minimum Gasteiger partial charge on any atom is -0.380 e. The van der Waals surface area contributed by atoms with Crippen molar-refractivity contribution < 1.29 is 18.0 Å². The molecule has 0 bridgehead atoms. The van der Waals surface area contributed by atoms with Crippen LogP contribution in [0.25, 0.3) is 0 Å². The van der Waals surface area contributed by atoms with Gasteiger partial charge in [0.25, 0.3) is 5.91 Å². The fourth-order valence-electron chi connectivity index (χ4n) is 4.21. The molecule has 0 saturated carbocycles. The monoisotopic (exact) mass is 485 g/mol. The van der Waals surface area contributed by atoms with E-state index in [1.165, 1.54) is 6.26 Å². The average molecular weight is 486 g/mol. The zero-order valence-corrected chi connectivity index (χ0v) is 21.2. The van der Waals surface area contributed by atoms with Crippen LogP contribution < -0.4 is 10.6 Å². The van der Waals surface area contributed by atoms with E-state index >= 15 is 0 Å². The van der Waals surface area contributed by atoms with Gasteiger partial charge in [-0.2, -0.15) is 0 Å². The third kappa shape index (κ3) is 7.06. The zero-order valence-electron chi connectivity index (χ0n) is 20.4. The van der Waals surface area contributed by atoms with Crippen molar-refractivity contribution in [2.24, 2.45) is 5.92 Å². The van der Waals surface area contributed by atoms with E-state index < -0.39 is 15.9 Å². The van der Waals surface area contributed by atoms with Crippen molar-refractivity contribution in [1.29, 1.82) is 0 Å². The second-order valence-corrected chi connectivity index (χ2v) is 12.0. The summed E-state index contributed by atoms with van der Waals surface area (Å²) in [6.07, 6.45) is 2.76. The summed E-state index contributed by atoms with van der Waals surface area (Å²) >= 11 is 0. The van der Waals surface area contributed by atoms with Crippen molar-refractivity contribution in [3.05, 3.63) is 65.7 Å². The lowest BCUT2D eigenvalue weighted by Gasteiger charge is -2.42. The molecule has 0 radical (unpaired) electrons. The Bertz CT molecular complexity index is 1090. The predicted octanol–water partition coefficient (Wildman–Crippen LogP) is 3.48. The minimum absolute atomic E-state index is 0.0272. The number of hydrogen-bond donors (Lipinski definition) is 2. The first kappa shape index (κ1) is 25.7. The molecule has 1 saturated heterocycles. The number of benzene rings is 2. The highest BCUT2D eigenvalue weighted by Gasteiger charge is 2.35. The van der Waals surface area contributed by atoms with Crippen LogP contribution in [0.4, 0.5) is 5.69 Å². The molecule has 2 amide bonds. The Balaban J connectivity index is 1.58. The summed E-state index contributed by atoms with van der Waals surface area (Å²) in [5.41, 5.74) is 2.04. The molecule has 7 nitrogen and oxygen atoms in total. The van der Waals surface area contributed by atoms with E-state index in [1.807, 2.05) is 49.1 Å². The van der Waals surface area contributed by atoms with Gasteiger partial charge in [-0.15, -0.1) is 0 Å². The van der Waals surface area contributed by atoms with Crippen LogP contribution in [0.15, 0.2) is 54.6 Å². The van der Waals surface area contributed by atoms with E-state index in [2.05, 4.69) is 17.6 Å². The molecule has 2 aromatic carbocycles. The Morgan fingerprint density at radius 3 is 2.12 bits per heavy atom. The smallest absolute Gasteiger partial charge is 0.251 e. The number of sulfone groups is 1. The Kier molecular flexibility index (Phi) is 8.02. The number of amides is 2. The third-order valence-electron chi connectivity index (χ3n) is 6.26. The van der Waals surface area contributed by atoms with E-state index in [0.717, 1.165) is 24.1 Å². The maximum absolute atomic E-state index is 13.3. The molecular formula is C26H35N3O4S. The van der Waals surface area contributed by atoms with Crippen LogP contribution in [0, 0.1) is 5.92 Å². The first-order valence-corrected chi connectivity index (χ1v) is 13.7. The van der Waals surface area contributed by atoms with Crippen LogP contribution in [0.5, 0.6) is 0 Å². The molecule has 1 heterocycles. The molecule has 0 spiro atoms. The first-order chi connectivity index (χ1) is 16.0. The maximum Gasteiger partial charge on any atom is 0.251 e. The van der Waals surface area contributed by atoms with Crippen molar-refractivity contribution in [3.8, 4) is 0 Å². The molecular weight excluding hydrogens is 450 g/mol. The summed E-state index contributed by atoms with van der Waals surface area (Å²) in [5, 5.41) is 6.48.